The van der Waals surface area contributed by atoms with E-state index in [0.717, 1.165) is 35.6 Å². The molecule has 0 aliphatic carbocycles. The molecule has 0 N–H and O–H groups in total. The van der Waals surface area contributed by atoms with Crippen LogP contribution in [0, 0.1) is 6.92 Å². The van der Waals surface area contributed by atoms with Crippen molar-refractivity contribution < 1.29 is 8.42 Å². The third kappa shape index (κ3) is 3.52. The number of thiophene rings is 1. The van der Waals surface area contributed by atoms with Gasteiger partial charge in [0.1, 0.15) is 4.21 Å². The van der Waals surface area contributed by atoms with Gasteiger partial charge in [-0.05, 0) is 37.1 Å². The second-order valence-electron chi connectivity index (χ2n) is 5.47. The number of hydrogen-bond donors (Lipinski definition) is 0. The van der Waals surface area contributed by atoms with Crippen molar-refractivity contribution >= 4 is 38.6 Å². The maximum Gasteiger partial charge on any atom is 0.252 e. The SMILES string of the molecule is Cc1cnccc1N1CCCN(S(=O)(=O)c2ccc(Cl)s2)CC1. The lowest BCUT2D eigenvalue weighted by atomic mass is 10.2. The average molecular weight is 372 g/mol. The van der Waals surface area contributed by atoms with Crippen LogP contribution in [0.3, 0.4) is 0 Å². The molecule has 3 heterocycles. The summed E-state index contributed by atoms with van der Waals surface area (Å²) in [5, 5.41) is 0. The van der Waals surface area contributed by atoms with Crippen LogP contribution in [0.5, 0.6) is 0 Å². The van der Waals surface area contributed by atoms with Gasteiger partial charge >= 0.3 is 0 Å². The first-order valence-corrected chi connectivity index (χ1v) is 10.0. The molecule has 23 heavy (non-hydrogen) atoms. The number of aromatic nitrogens is 1. The molecule has 1 aliphatic heterocycles. The minimum Gasteiger partial charge on any atom is -0.370 e. The van der Waals surface area contributed by atoms with Crippen LogP contribution in [-0.2, 0) is 10.0 Å². The molecule has 0 spiro atoms. The topological polar surface area (TPSA) is 53.5 Å². The van der Waals surface area contributed by atoms with Gasteiger partial charge in [0, 0.05) is 44.3 Å². The minimum absolute atomic E-state index is 0.316. The fraction of sp³-hybridized carbons (Fsp3) is 0.400. The number of hydrogen-bond acceptors (Lipinski definition) is 5. The zero-order chi connectivity index (χ0) is 16.4. The predicted octanol–water partition coefficient (Wildman–Crippen LogP) is 3.01. The van der Waals surface area contributed by atoms with E-state index < -0.39 is 10.0 Å². The molecular weight excluding hydrogens is 354 g/mol. The van der Waals surface area contributed by atoms with Crippen LogP contribution in [0.15, 0.2) is 34.8 Å². The number of nitrogens with zero attached hydrogens (tertiary/aromatic N) is 3. The molecule has 0 atom stereocenters. The van der Waals surface area contributed by atoms with E-state index in [1.165, 1.54) is 0 Å². The van der Waals surface area contributed by atoms with E-state index in [1.54, 1.807) is 22.6 Å². The predicted molar refractivity (Wildman–Crippen MR) is 93.9 cm³/mol. The number of anilines is 1. The second-order valence-corrected chi connectivity index (χ2v) is 9.35. The van der Waals surface area contributed by atoms with Crippen molar-refractivity contribution in [3.63, 3.8) is 0 Å². The van der Waals surface area contributed by atoms with Gasteiger partial charge in [-0.2, -0.15) is 4.31 Å². The Morgan fingerprint density at radius 2 is 2.00 bits per heavy atom. The Balaban J connectivity index is 1.78. The molecule has 1 fully saturated rings. The Bertz CT molecular complexity index is 792. The van der Waals surface area contributed by atoms with Crippen LogP contribution in [0.4, 0.5) is 5.69 Å². The van der Waals surface area contributed by atoms with E-state index in [4.69, 9.17) is 11.6 Å². The Morgan fingerprint density at radius 1 is 1.17 bits per heavy atom. The summed E-state index contributed by atoms with van der Waals surface area (Å²) in [6.07, 6.45) is 4.40. The molecule has 0 bridgehead atoms. The van der Waals surface area contributed by atoms with Crippen LogP contribution in [0.25, 0.3) is 0 Å². The lowest BCUT2D eigenvalue weighted by Crippen LogP contribution is -2.35. The quantitative estimate of drug-likeness (QED) is 0.832. The third-order valence-corrected chi connectivity index (χ3v) is 7.53. The van der Waals surface area contributed by atoms with Crippen LogP contribution in [-0.4, -0.2) is 43.9 Å². The molecule has 0 aromatic carbocycles. The van der Waals surface area contributed by atoms with Crippen molar-refractivity contribution in [1.29, 1.82) is 0 Å². The molecule has 1 saturated heterocycles. The summed E-state index contributed by atoms with van der Waals surface area (Å²) in [6.45, 7) is 4.53. The summed E-state index contributed by atoms with van der Waals surface area (Å²) in [6, 6.07) is 5.19. The summed E-state index contributed by atoms with van der Waals surface area (Å²) in [5.41, 5.74) is 2.23. The second kappa shape index (κ2) is 6.76. The first kappa shape index (κ1) is 16.7. The average Bonchev–Trinajstić information content (AvgIpc) is 2.82. The number of sulfonamides is 1. The van der Waals surface area contributed by atoms with E-state index in [1.807, 2.05) is 19.2 Å². The van der Waals surface area contributed by atoms with Gasteiger partial charge in [0.15, 0.2) is 0 Å². The summed E-state index contributed by atoms with van der Waals surface area (Å²) in [7, 11) is -3.45. The highest BCUT2D eigenvalue weighted by atomic mass is 35.5. The largest absolute Gasteiger partial charge is 0.370 e. The molecular formula is C15H18ClN3O2S2. The number of rotatable bonds is 3. The highest BCUT2D eigenvalue weighted by Gasteiger charge is 2.28. The maximum absolute atomic E-state index is 12.7. The minimum atomic E-state index is -3.45. The van der Waals surface area contributed by atoms with E-state index in [9.17, 15) is 8.42 Å². The molecule has 2 aromatic rings. The highest BCUT2D eigenvalue weighted by Crippen LogP contribution is 2.29. The van der Waals surface area contributed by atoms with Gasteiger partial charge in [-0.15, -0.1) is 11.3 Å². The van der Waals surface area contributed by atoms with Crippen molar-refractivity contribution in [1.82, 2.24) is 9.29 Å². The summed E-state index contributed by atoms with van der Waals surface area (Å²) in [5.74, 6) is 0. The molecule has 0 radical (unpaired) electrons. The zero-order valence-corrected chi connectivity index (χ0v) is 15.2. The lowest BCUT2D eigenvalue weighted by Gasteiger charge is -2.24. The molecule has 0 saturated carbocycles. The molecule has 8 heteroatoms. The van der Waals surface area contributed by atoms with E-state index in [-0.39, 0.29) is 0 Å². The number of aryl methyl sites for hydroxylation is 1. The Morgan fingerprint density at radius 3 is 2.70 bits per heavy atom. The molecule has 1 aliphatic rings. The van der Waals surface area contributed by atoms with Gasteiger partial charge in [0.2, 0.25) is 0 Å². The van der Waals surface area contributed by atoms with Gasteiger partial charge < -0.3 is 4.90 Å². The monoisotopic (exact) mass is 371 g/mol. The van der Waals surface area contributed by atoms with Crippen molar-refractivity contribution in [2.75, 3.05) is 31.1 Å². The summed E-state index contributed by atoms with van der Waals surface area (Å²) >= 11 is 6.99. The highest BCUT2D eigenvalue weighted by molar-refractivity contribution is 7.91. The van der Waals surface area contributed by atoms with E-state index >= 15 is 0 Å². The van der Waals surface area contributed by atoms with Gasteiger partial charge in [-0.1, -0.05) is 11.6 Å². The van der Waals surface area contributed by atoms with Crippen molar-refractivity contribution in [3.8, 4) is 0 Å². The van der Waals surface area contributed by atoms with Crippen molar-refractivity contribution in [2.45, 2.75) is 17.6 Å². The summed E-state index contributed by atoms with van der Waals surface area (Å²) < 4.78 is 27.8. The molecule has 0 unspecified atom stereocenters. The Labute approximate surface area is 145 Å². The van der Waals surface area contributed by atoms with Gasteiger partial charge in [0.05, 0.1) is 4.34 Å². The van der Waals surface area contributed by atoms with Crippen LogP contribution in [0.2, 0.25) is 4.34 Å². The van der Waals surface area contributed by atoms with Crippen molar-refractivity contribution in [3.05, 3.63) is 40.5 Å². The third-order valence-electron chi connectivity index (χ3n) is 3.93. The van der Waals surface area contributed by atoms with Gasteiger partial charge in [-0.25, -0.2) is 8.42 Å². The number of halogens is 1. The first-order chi connectivity index (χ1) is 11.0. The van der Waals surface area contributed by atoms with Gasteiger partial charge in [-0.3, -0.25) is 4.98 Å². The van der Waals surface area contributed by atoms with Crippen LogP contribution in [0.1, 0.15) is 12.0 Å². The van der Waals surface area contributed by atoms with Crippen LogP contribution < -0.4 is 4.90 Å². The fourth-order valence-electron chi connectivity index (χ4n) is 2.76. The molecule has 5 nitrogen and oxygen atoms in total. The maximum atomic E-state index is 12.7. The molecule has 3 rings (SSSR count). The fourth-order valence-corrected chi connectivity index (χ4v) is 5.87. The zero-order valence-electron chi connectivity index (χ0n) is 12.8. The summed E-state index contributed by atoms with van der Waals surface area (Å²) in [4.78, 5) is 6.35. The smallest absolute Gasteiger partial charge is 0.252 e. The van der Waals surface area contributed by atoms with E-state index in [2.05, 4.69) is 9.88 Å². The van der Waals surface area contributed by atoms with E-state index in [0.29, 0.717) is 28.2 Å². The first-order valence-electron chi connectivity index (χ1n) is 7.39. The van der Waals surface area contributed by atoms with Gasteiger partial charge in [0.25, 0.3) is 10.0 Å². The number of pyridine rings is 1. The normalized spacial score (nSPS) is 17.2. The Hall–Kier alpha value is -1.15. The van der Waals surface area contributed by atoms with Crippen LogP contribution >= 0.6 is 22.9 Å². The molecule has 0 amide bonds. The standard InChI is InChI=1S/C15H18ClN3O2S2/c1-12-11-17-6-5-13(12)18-7-2-8-19(10-9-18)23(20,21)15-4-3-14(16)22-15/h3-6,11H,2,7-10H2,1H3. The molecule has 124 valence electrons. The molecule has 2 aromatic heterocycles. The van der Waals surface area contributed by atoms with Crippen molar-refractivity contribution in [2.24, 2.45) is 0 Å². The lowest BCUT2D eigenvalue weighted by molar-refractivity contribution is 0.434. The Kier molecular flexibility index (Phi) is 4.91.